The van der Waals surface area contributed by atoms with Crippen LogP contribution in [0.1, 0.15) is 17.3 Å². The number of anilines is 1. The summed E-state index contributed by atoms with van der Waals surface area (Å²) in [6.45, 7) is 2.32. The molecular weight excluding hydrogens is 281 g/mol. The zero-order valence-electron chi connectivity index (χ0n) is 10.8. The Bertz CT molecular complexity index is 631. The number of nitrogens with one attached hydrogen (secondary N) is 1. The van der Waals surface area contributed by atoms with Crippen molar-refractivity contribution < 1.29 is 13.9 Å². The van der Waals surface area contributed by atoms with Crippen LogP contribution in [-0.2, 0) is 0 Å². The van der Waals surface area contributed by atoms with Gasteiger partial charge < -0.3 is 10.1 Å². The van der Waals surface area contributed by atoms with E-state index in [9.17, 15) is 9.18 Å². The second kappa shape index (κ2) is 6.39. The van der Waals surface area contributed by atoms with E-state index in [4.69, 9.17) is 16.3 Å². The van der Waals surface area contributed by atoms with E-state index in [1.807, 2.05) is 6.92 Å². The number of hydrogen-bond acceptors (Lipinski definition) is 2. The number of carbonyl (C=O) groups excluding carboxylic acids is 1. The number of carbonyl (C=O) groups is 1. The average Bonchev–Trinajstić information content (AvgIpc) is 2.41. The van der Waals surface area contributed by atoms with Gasteiger partial charge in [-0.25, -0.2) is 4.39 Å². The van der Waals surface area contributed by atoms with E-state index in [1.165, 1.54) is 12.1 Å². The van der Waals surface area contributed by atoms with Crippen molar-refractivity contribution in [1.82, 2.24) is 0 Å². The van der Waals surface area contributed by atoms with Gasteiger partial charge in [0, 0.05) is 5.02 Å². The Labute approximate surface area is 121 Å². The summed E-state index contributed by atoms with van der Waals surface area (Å²) in [5, 5.41) is 2.87. The molecule has 0 fully saturated rings. The van der Waals surface area contributed by atoms with Crippen molar-refractivity contribution in [3.05, 3.63) is 58.9 Å². The molecule has 20 heavy (non-hydrogen) atoms. The van der Waals surface area contributed by atoms with Crippen LogP contribution in [0, 0.1) is 5.82 Å². The highest BCUT2D eigenvalue weighted by Gasteiger charge is 2.14. The quantitative estimate of drug-likeness (QED) is 0.920. The number of amides is 1. The topological polar surface area (TPSA) is 38.3 Å². The summed E-state index contributed by atoms with van der Waals surface area (Å²) < 4.78 is 19.1. The Morgan fingerprint density at radius 1 is 1.30 bits per heavy atom. The van der Waals surface area contributed by atoms with Gasteiger partial charge in [-0.2, -0.15) is 0 Å². The van der Waals surface area contributed by atoms with Crippen LogP contribution in [0.5, 0.6) is 5.75 Å². The first-order valence-electron chi connectivity index (χ1n) is 6.10. The number of para-hydroxylation sites is 2. The number of rotatable bonds is 4. The molecule has 0 saturated carbocycles. The fourth-order valence-electron chi connectivity index (χ4n) is 1.71. The third-order valence-electron chi connectivity index (χ3n) is 2.61. The minimum atomic E-state index is -0.663. The highest BCUT2D eigenvalue weighted by Crippen LogP contribution is 2.25. The van der Waals surface area contributed by atoms with Crippen molar-refractivity contribution in [3.8, 4) is 5.75 Å². The van der Waals surface area contributed by atoms with Crippen molar-refractivity contribution in [2.75, 3.05) is 11.9 Å². The largest absolute Gasteiger partial charge is 0.492 e. The van der Waals surface area contributed by atoms with Crippen LogP contribution in [0.25, 0.3) is 0 Å². The van der Waals surface area contributed by atoms with Crippen molar-refractivity contribution >= 4 is 23.2 Å². The molecule has 0 spiro atoms. The zero-order chi connectivity index (χ0) is 14.5. The molecular formula is C15H13ClFNO2. The summed E-state index contributed by atoms with van der Waals surface area (Å²) in [6.07, 6.45) is 0. The van der Waals surface area contributed by atoms with Crippen LogP contribution in [0.3, 0.4) is 0 Å². The highest BCUT2D eigenvalue weighted by molar-refractivity contribution is 6.30. The third kappa shape index (κ3) is 3.27. The van der Waals surface area contributed by atoms with Gasteiger partial charge in [0.05, 0.1) is 17.9 Å². The predicted molar refractivity (Wildman–Crippen MR) is 77.0 cm³/mol. The maximum absolute atomic E-state index is 13.7. The fraction of sp³-hybridized carbons (Fsp3) is 0.133. The Kier molecular flexibility index (Phi) is 4.58. The van der Waals surface area contributed by atoms with E-state index in [1.54, 1.807) is 24.3 Å². The standard InChI is InChI=1S/C15H13ClFNO2/c1-2-20-14-6-4-3-5-13(14)18-15(19)11-8-7-10(16)9-12(11)17/h3-9H,2H2,1H3,(H,18,19). The molecule has 5 heteroatoms. The molecule has 0 saturated heterocycles. The van der Waals surface area contributed by atoms with Crippen molar-refractivity contribution in [3.63, 3.8) is 0 Å². The molecule has 3 nitrogen and oxygen atoms in total. The minimum Gasteiger partial charge on any atom is -0.492 e. The average molecular weight is 294 g/mol. The van der Waals surface area contributed by atoms with E-state index in [2.05, 4.69) is 5.32 Å². The van der Waals surface area contributed by atoms with Gasteiger partial charge in [-0.1, -0.05) is 23.7 Å². The molecule has 0 heterocycles. The highest BCUT2D eigenvalue weighted by atomic mass is 35.5. The molecule has 1 amide bonds. The molecule has 2 aromatic carbocycles. The molecule has 2 aromatic rings. The number of benzene rings is 2. The molecule has 1 N–H and O–H groups in total. The summed E-state index contributed by atoms with van der Waals surface area (Å²) >= 11 is 5.66. The first kappa shape index (κ1) is 14.3. The van der Waals surface area contributed by atoms with Gasteiger partial charge in [-0.3, -0.25) is 4.79 Å². The Morgan fingerprint density at radius 2 is 2.05 bits per heavy atom. The molecule has 0 aliphatic heterocycles. The van der Waals surface area contributed by atoms with Crippen molar-refractivity contribution in [1.29, 1.82) is 0 Å². The van der Waals surface area contributed by atoms with Gasteiger partial charge >= 0.3 is 0 Å². The van der Waals surface area contributed by atoms with E-state index < -0.39 is 11.7 Å². The van der Waals surface area contributed by atoms with Gasteiger partial charge in [-0.15, -0.1) is 0 Å². The smallest absolute Gasteiger partial charge is 0.258 e. The lowest BCUT2D eigenvalue weighted by Gasteiger charge is -2.11. The summed E-state index contributed by atoms with van der Waals surface area (Å²) in [7, 11) is 0. The van der Waals surface area contributed by atoms with Crippen molar-refractivity contribution in [2.45, 2.75) is 6.92 Å². The first-order chi connectivity index (χ1) is 9.61. The number of halogens is 2. The zero-order valence-corrected chi connectivity index (χ0v) is 11.6. The predicted octanol–water partition coefficient (Wildman–Crippen LogP) is 4.13. The van der Waals surface area contributed by atoms with Crippen molar-refractivity contribution in [2.24, 2.45) is 0 Å². The second-order valence-electron chi connectivity index (χ2n) is 4.01. The van der Waals surface area contributed by atoms with E-state index in [-0.39, 0.29) is 10.6 Å². The molecule has 0 aliphatic carbocycles. The van der Waals surface area contributed by atoms with Crippen LogP contribution in [0.15, 0.2) is 42.5 Å². The van der Waals surface area contributed by atoms with Crippen LogP contribution in [-0.4, -0.2) is 12.5 Å². The van der Waals surface area contributed by atoms with Crippen LogP contribution >= 0.6 is 11.6 Å². The third-order valence-corrected chi connectivity index (χ3v) is 2.85. The Morgan fingerprint density at radius 3 is 2.75 bits per heavy atom. The first-order valence-corrected chi connectivity index (χ1v) is 6.48. The van der Waals surface area contributed by atoms with E-state index in [0.717, 1.165) is 6.07 Å². The lowest BCUT2D eigenvalue weighted by atomic mass is 10.2. The molecule has 0 atom stereocenters. The summed E-state index contributed by atoms with van der Waals surface area (Å²) in [6, 6.07) is 10.9. The molecule has 0 unspecified atom stereocenters. The lowest BCUT2D eigenvalue weighted by molar-refractivity contribution is 0.102. The minimum absolute atomic E-state index is 0.0688. The molecule has 0 bridgehead atoms. The maximum atomic E-state index is 13.7. The second-order valence-corrected chi connectivity index (χ2v) is 4.44. The van der Waals surface area contributed by atoms with E-state index >= 15 is 0 Å². The van der Waals surface area contributed by atoms with E-state index in [0.29, 0.717) is 18.0 Å². The van der Waals surface area contributed by atoms with Gasteiger partial charge in [0.2, 0.25) is 0 Å². The normalized spacial score (nSPS) is 10.2. The van der Waals surface area contributed by atoms with Crippen LogP contribution in [0.2, 0.25) is 5.02 Å². The van der Waals surface area contributed by atoms with Crippen LogP contribution in [0.4, 0.5) is 10.1 Å². The van der Waals surface area contributed by atoms with Crippen LogP contribution < -0.4 is 10.1 Å². The molecule has 0 aromatic heterocycles. The lowest BCUT2D eigenvalue weighted by Crippen LogP contribution is -2.14. The maximum Gasteiger partial charge on any atom is 0.258 e. The van der Waals surface area contributed by atoms with Gasteiger partial charge in [-0.05, 0) is 37.3 Å². The number of hydrogen-bond donors (Lipinski definition) is 1. The molecule has 104 valence electrons. The van der Waals surface area contributed by atoms with Gasteiger partial charge in [0.1, 0.15) is 11.6 Å². The SMILES string of the molecule is CCOc1ccccc1NC(=O)c1ccc(Cl)cc1F. The Balaban J connectivity index is 2.23. The fourth-order valence-corrected chi connectivity index (χ4v) is 1.87. The monoisotopic (exact) mass is 293 g/mol. The summed E-state index contributed by atoms with van der Waals surface area (Å²) in [5.41, 5.74) is 0.425. The van der Waals surface area contributed by atoms with Gasteiger partial charge in [0.25, 0.3) is 5.91 Å². The molecule has 2 rings (SSSR count). The number of ether oxygens (including phenoxy) is 1. The molecule has 0 aliphatic rings. The van der Waals surface area contributed by atoms with Gasteiger partial charge in [0.15, 0.2) is 0 Å². The summed E-state index contributed by atoms with van der Waals surface area (Å²) in [5.74, 6) is -0.673. The molecule has 0 radical (unpaired) electrons. The Hall–Kier alpha value is -2.07. The summed E-state index contributed by atoms with van der Waals surface area (Å²) in [4.78, 5) is 12.1.